The number of anilines is 1. The lowest BCUT2D eigenvalue weighted by molar-refractivity contribution is 0.100. The molecule has 1 atom stereocenters. The van der Waals surface area contributed by atoms with Crippen molar-refractivity contribution in [3.63, 3.8) is 0 Å². The van der Waals surface area contributed by atoms with E-state index in [2.05, 4.69) is 53.5 Å². The van der Waals surface area contributed by atoms with Crippen LogP contribution in [-0.2, 0) is 6.42 Å². The SMILES string of the molecule is CCc1c(-c2ccccc2)ccc(C(N)=O)c1N1CCNCC1c1ccccc1. The largest absolute Gasteiger partial charge is 0.366 e. The Balaban J connectivity index is 1.91. The fourth-order valence-electron chi connectivity index (χ4n) is 4.35. The fourth-order valence-corrected chi connectivity index (χ4v) is 4.35. The minimum absolute atomic E-state index is 0.152. The molecule has 4 nitrogen and oxygen atoms in total. The van der Waals surface area contributed by atoms with E-state index in [1.807, 2.05) is 36.4 Å². The first-order valence-electron chi connectivity index (χ1n) is 10.2. The fraction of sp³-hybridized carbons (Fsp3) is 0.240. The Bertz CT molecular complexity index is 986. The van der Waals surface area contributed by atoms with Crippen molar-refractivity contribution < 1.29 is 4.79 Å². The van der Waals surface area contributed by atoms with E-state index in [0.717, 1.165) is 37.3 Å². The summed E-state index contributed by atoms with van der Waals surface area (Å²) >= 11 is 0. The van der Waals surface area contributed by atoms with Crippen LogP contribution in [0.5, 0.6) is 0 Å². The molecule has 1 saturated heterocycles. The molecule has 3 aromatic rings. The van der Waals surface area contributed by atoms with E-state index in [4.69, 9.17) is 5.73 Å². The first-order chi connectivity index (χ1) is 14.2. The van der Waals surface area contributed by atoms with Crippen molar-refractivity contribution >= 4 is 11.6 Å². The normalized spacial score (nSPS) is 16.6. The maximum Gasteiger partial charge on any atom is 0.250 e. The molecule has 3 N–H and O–H groups in total. The number of nitrogens with zero attached hydrogens (tertiary/aromatic N) is 1. The molecule has 3 aromatic carbocycles. The van der Waals surface area contributed by atoms with Gasteiger partial charge in [0, 0.05) is 19.6 Å². The average molecular weight is 386 g/mol. The molecule has 1 aliphatic rings. The number of rotatable bonds is 5. The van der Waals surface area contributed by atoms with E-state index in [1.54, 1.807) is 0 Å². The minimum atomic E-state index is -0.375. The van der Waals surface area contributed by atoms with Crippen molar-refractivity contribution in [3.05, 3.63) is 89.5 Å². The van der Waals surface area contributed by atoms with E-state index in [1.165, 1.54) is 16.7 Å². The lowest BCUT2D eigenvalue weighted by Gasteiger charge is -2.40. The second-order valence-electron chi connectivity index (χ2n) is 7.40. The molecular weight excluding hydrogens is 358 g/mol. The molecule has 4 heteroatoms. The Hall–Kier alpha value is -3.11. The summed E-state index contributed by atoms with van der Waals surface area (Å²) in [5.74, 6) is -0.375. The maximum atomic E-state index is 12.4. The highest BCUT2D eigenvalue weighted by atomic mass is 16.1. The number of primary amides is 1. The first kappa shape index (κ1) is 19.2. The van der Waals surface area contributed by atoms with Crippen LogP contribution in [0.25, 0.3) is 11.1 Å². The standard InChI is InChI=1S/C25H27N3O/c1-2-20-21(18-9-5-3-6-10-18)13-14-22(25(26)29)24(20)28-16-15-27-17-23(28)19-11-7-4-8-12-19/h3-14,23,27H,2,15-17H2,1H3,(H2,26,29). The predicted molar refractivity (Wildman–Crippen MR) is 119 cm³/mol. The Morgan fingerprint density at radius 1 is 1.03 bits per heavy atom. The lowest BCUT2D eigenvalue weighted by Crippen LogP contribution is -2.47. The molecule has 0 radical (unpaired) electrons. The Kier molecular flexibility index (Phi) is 5.63. The summed E-state index contributed by atoms with van der Waals surface area (Å²) in [4.78, 5) is 14.8. The van der Waals surface area contributed by atoms with Crippen LogP contribution in [0.1, 0.15) is 34.5 Å². The smallest absolute Gasteiger partial charge is 0.250 e. The van der Waals surface area contributed by atoms with Gasteiger partial charge in [0.2, 0.25) is 0 Å². The van der Waals surface area contributed by atoms with Gasteiger partial charge >= 0.3 is 0 Å². The molecule has 1 fully saturated rings. The van der Waals surface area contributed by atoms with Crippen LogP contribution in [-0.4, -0.2) is 25.5 Å². The summed E-state index contributed by atoms with van der Waals surface area (Å²) < 4.78 is 0. The average Bonchev–Trinajstić information content (AvgIpc) is 2.79. The highest BCUT2D eigenvalue weighted by molar-refractivity contribution is 6.01. The summed E-state index contributed by atoms with van der Waals surface area (Å²) in [7, 11) is 0. The highest BCUT2D eigenvalue weighted by Crippen LogP contribution is 2.39. The monoisotopic (exact) mass is 385 g/mol. The minimum Gasteiger partial charge on any atom is -0.366 e. The number of hydrogen-bond acceptors (Lipinski definition) is 3. The van der Waals surface area contributed by atoms with Gasteiger partial charge in [-0.25, -0.2) is 0 Å². The second-order valence-corrected chi connectivity index (χ2v) is 7.40. The van der Waals surface area contributed by atoms with Crippen LogP contribution in [0.15, 0.2) is 72.8 Å². The topological polar surface area (TPSA) is 58.4 Å². The predicted octanol–water partition coefficient (Wildman–Crippen LogP) is 4.17. The van der Waals surface area contributed by atoms with Gasteiger partial charge in [0.15, 0.2) is 0 Å². The van der Waals surface area contributed by atoms with Crippen LogP contribution in [0.3, 0.4) is 0 Å². The summed E-state index contributed by atoms with van der Waals surface area (Å²) in [5, 5.41) is 3.51. The molecule has 0 aliphatic carbocycles. The summed E-state index contributed by atoms with van der Waals surface area (Å²) in [6.45, 7) is 4.68. The molecular formula is C25H27N3O. The van der Waals surface area contributed by atoms with Crippen molar-refractivity contribution in [1.29, 1.82) is 0 Å². The van der Waals surface area contributed by atoms with Gasteiger partial charge in [0.1, 0.15) is 0 Å². The number of benzene rings is 3. The van der Waals surface area contributed by atoms with E-state index < -0.39 is 0 Å². The van der Waals surface area contributed by atoms with E-state index in [-0.39, 0.29) is 11.9 Å². The summed E-state index contributed by atoms with van der Waals surface area (Å²) in [5.41, 5.74) is 12.2. The zero-order valence-electron chi connectivity index (χ0n) is 16.8. The van der Waals surface area contributed by atoms with Crippen LogP contribution in [0.4, 0.5) is 5.69 Å². The molecule has 0 saturated carbocycles. The van der Waals surface area contributed by atoms with Crippen LogP contribution in [0, 0.1) is 0 Å². The molecule has 1 amide bonds. The summed E-state index contributed by atoms with van der Waals surface area (Å²) in [6, 6.07) is 24.9. The Morgan fingerprint density at radius 2 is 1.72 bits per heavy atom. The zero-order valence-corrected chi connectivity index (χ0v) is 16.8. The quantitative estimate of drug-likeness (QED) is 0.693. The number of nitrogens with one attached hydrogen (secondary N) is 1. The van der Waals surface area contributed by atoms with E-state index in [0.29, 0.717) is 5.56 Å². The number of nitrogens with two attached hydrogens (primary N) is 1. The molecule has 1 heterocycles. The van der Waals surface area contributed by atoms with Gasteiger partial charge in [-0.2, -0.15) is 0 Å². The molecule has 148 valence electrons. The van der Waals surface area contributed by atoms with E-state index in [9.17, 15) is 4.79 Å². The van der Waals surface area contributed by atoms with Crippen LogP contribution < -0.4 is 16.0 Å². The molecule has 1 unspecified atom stereocenters. The molecule has 0 aromatic heterocycles. The third kappa shape index (κ3) is 3.76. The number of hydrogen-bond donors (Lipinski definition) is 2. The van der Waals surface area contributed by atoms with Crippen molar-refractivity contribution in [2.45, 2.75) is 19.4 Å². The van der Waals surface area contributed by atoms with Gasteiger partial charge in [0.25, 0.3) is 5.91 Å². The van der Waals surface area contributed by atoms with E-state index >= 15 is 0 Å². The molecule has 0 spiro atoms. The molecule has 1 aliphatic heterocycles. The van der Waals surface area contributed by atoms with Crippen molar-refractivity contribution in [3.8, 4) is 11.1 Å². The molecule has 4 rings (SSSR count). The van der Waals surface area contributed by atoms with Crippen molar-refractivity contribution in [2.24, 2.45) is 5.73 Å². The van der Waals surface area contributed by atoms with Gasteiger partial charge in [-0.1, -0.05) is 73.7 Å². The maximum absolute atomic E-state index is 12.4. The lowest BCUT2D eigenvalue weighted by atomic mass is 9.91. The molecule has 0 bridgehead atoms. The number of carbonyl (C=O) groups is 1. The van der Waals surface area contributed by atoms with Crippen LogP contribution in [0.2, 0.25) is 0 Å². The van der Waals surface area contributed by atoms with Gasteiger partial charge in [0.05, 0.1) is 17.3 Å². The third-order valence-corrected chi connectivity index (χ3v) is 5.70. The number of piperazine rings is 1. The van der Waals surface area contributed by atoms with Crippen molar-refractivity contribution in [1.82, 2.24) is 5.32 Å². The highest BCUT2D eigenvalue weighted by Gasteiger charge is 2.29. The number of amides is 1. The Morgan fingerprint density at radius 3 is 2.38 bits per heavy atom. The van der Waals surface area contributed by atoms with Gasteiger partial charge in [-0.15, -0.1) is 0 Å². The second kappa shape index (κ2) is 8.50. The van der Waals surface area contributed by atoms with Gasteiger partial charge in [-0.05, 0) is 34.7 Å². The van der Waals surface area contributed by atoms with Crippen LogP contribution >= 0.6 is 0 Å². The van der Waals surface area contributed by atoms with Gasteiger partial charge < -0.3 is 16.0 Å². The zero-order chi connectivity index (χ0) is 20.2. The van der Waals surface area contributed by atoms with Gasteiger partial charge in [-0.3, -0.25) is 4.79 Å². The Labute approximate surface area is 172 Å². The van der Waals surface area contributed by atoms with Crippen molar-refractivity contribution in [2.75, 3.05) is 24.5 Å². The first-order valence-corrected chi connectivity index (χ1v) is 10.2. The third-order valence-electron chi connectivity index (χ3n) is 5.70. The molecule has 29 heavy (non-hydrogen) atoms. The summed E-state index contributed by atoms with van der Waals surface area (Å²) in [6.07, 6.45) is 0.826. The number of carbonyl (C=O) groups excluding carboxylic acids is 1.